The van der Waals surface area contributed by atoms with Crippen molar-refractivity contribution in [2.75, 3.05) is 18.2 Å². The van der Waals surface area contributed by atoms with Crippen molar-refractivity contribution in [1.29, 1.82) is 0 Å². The van der Waals surface area contributed by atoms with Crippen LogP contribution in [-0.2, 0) is 0 Å². The van der Waals surface area contributed by atoms with E-state index in [2.05, 4.69) is 10.3 Å². The van der Waals surface area contributed by atoms with Gasteiger partial charge in [0, 0.05) is 23.3 Å². The number of pyridine rings is 1. The number of fused-ring (bicyclic) bond motifs is 1. The highest BCUT2D eigenvalue weighted by molar-refractivity contribution is 5.99. The Bertz CT molecular complexity index is 805. The molecule has 2 aromatic carbocycles. The van der Waals surface area contributed by atoms with Crippen LogP contribution in [0.15, 0.2) is 48.7 Å². The molecule has 0 atom stereocenters. The van der Waals surface area contributed by atoms with Gasteiger partial charge in [-0.2, -0.15) is 0 Å². The van der Waals surface area contributed by atoms with E-state index < -0.39 is 0 Å². The van der Waals surface area contributed by atoms with Crippen molar-refractivity contribution in [3.8, 4) is 5.75 Å². The molecule has 0 radical (unpaired) electrons. The van der Waals surface area contributed by atoms with Gasteiger partial charge < -0.3 is 15.8 Å². The fourth-order valence-electron chi connectivity index (χ4n) is 2.22. The second-order valence-corrected chi connectivity index (χ2v) is 4.57. The van der Waals surface area contributed by atoms with Crippen molar-refractivity contribution in [2.24, 2.45) is 0 Å². The van der Waals surface area contributed by atoms with Gasteiger partial charge in [-0.05, 0) is 24.3 Å². The maximum atomic E-state index is 13.2. The summed E-state index contributed by atoms with van der Waals surface area (Å²) in [4.78, 5) is 4.28. The zero-order valence-electron chi connectivity index (χ0n) is 11.4. The first kappa shape index (κ1) is 13.2. The fraction of sp³-hybridized carbons (Fsp3) is 0.0625. The van der Waals surface area contributed by atoms with E-state index in [0.29, 0.717) is 17.1 Å². The summed E-state index contributed by atoms with van der Waals surface area (Å²) >= 11 is 0. The minimum Gasteiger partial charge on any atom is -0.494 e. The molecule has 106 valence electrons. The molecule has 0 spiro atoms. The Morgan fingerprint density at radius 2 is 2.00 bits per heavy atom. The molecule has 0 bridgehead atoms. The number of hydrogen-bond acceptors (Lipinski definition) is 4. The summed E-state index contributed by atoms with van der Waals surface area (Å²) in [6, 6.07) is 11.8. The number of ether oxygens (including phenoxy) is 1. The molecule has 0 amide bonds. The SMILES string of the molecule is COc1cc(F)ccc1Nc1ccnc2c(N)cccc12. The first-order valence-electron chi connectivity index (χ1n) is 6.43. The van der Waals surface area contributed by atoms with Crippen LogP contribution in [0.25, 0.3) is 10.9 Å². The molecule has 4 nitrogen and oxygen atoms in total. The molecule has 3 rings (SSSR count). The van der Waals surface area contributed by atoms with Crippen molar-refractivity contribution < 1.29 is 9.13 Å². The molecule has 1 heterocycles. The molecule has 3 N–H and O–H groups in total. The Kier molecular flexibility index (Phi) is 3.31. The van der Waals surface area contributed by atoms with Crippen molar-refractivity contribution in [1.82, 2.24) is 4.98 Å². The molecular weight excluding hydrogens is 269 g/mol. The predicted molar refractivity (Wildman–Crippen MR) is 82.4 cm³/mol. The molecule has 0 aliphatic carbocycles. The Balaban J connectivity index is 2.09. The largest absolute Gasteiger partial charge is 0.494 e. The Morgan fingerprint density at radius 3 is 2.81 bits per heavy atom. The number of nitrogens with one attached hydrogen (secondary N) is 1. The molecule has 5 heteroatoms. The van der Waals surface area contributed by atoms with Gasteiger partial charge in [-0.25, -0.2) is 4.39 Å². The third kappa shape index (κ3) is 2.45. The molecule has 0 saturated heterocycles. The number of nitrogens with two attached hydrogens (primary N) is 1. The van der Waals surface area contributed by atoms with Crippen LogP contribution in [0.5, 0.6) is 5.75 Å². The number of rotatable bonds is 3. The second-order valence-electron chi connectivity index (χ2n) is 4.57. The smallest absolute Gasteiger partial charge is 0.145 e. The van der Waals surface area contributed by atoms with E-state index in [9.17, 15) is 4.39 Å². The van der Waals surface area contributed by atoms with Crippen molar-refractivity contribution >= 4 is 28.0 Å². The minimum atomic E-state index is -0.346. The van der Waals surface area contributed by atoms with E-state index >= 15 is 0 Å². The fourth-order valence-corrected chi connectivity index (χ4v) is 2.22. The van der Waals surface area contributed by atoms with Crippen LogP contribution in [0, 0.1) is 5.82 Å². The Hall–Kier alpha value is -2.82. The van der Waals surface area contributed by atoms with Crippen LogP contribution >= 0.6 is 0 Å². The van der Waals surface area contributed by atoms with Gasteiger partial charge in [0.05, 0.1) is 24.0 Å². The average Bonchev–Trinajstić information content (AvgIpc) is 2.50. The number of aromatic nitrogens is 1. The summed E-state index contributed by atoms with van der Waals surface area (Å²) in [5.41, 5.74) is 8.77. The highest BCUT2D eigenvalue weighted by atomic mass is 19.1. The third-order valence-electron chi connectivity index (χ3n) is 3.24. The molecule has 0 saturated carbocycles. The summed E-state index contributed by atoms with van der Waals surface area (Å²) in [7, 11) is 1.50. The zero-order chi connectivity index (χ0) is 14.8. The van der Waals surface area contributed by atoms with Crippen LogP contribution < -0.4 is 15.8 Å². The number of para-hydroxylation sites is 1. The van der Waals surface area contributed by atoms with E-state index in [-0.39, 0.29) is 5.82 Å². The molecular formula is C16H14FN3O. The van der Waals surface area contributed by atoms with Crippen molar-refractivity contribution in [2.45, 2.75) is 0 Å². The minimum absolute atomic E-state index is 0.346. The average molecular weight is 283 g/mol. The summed E-state index contributed by atoms with van der Waals surface area (Å²) < 4.78 is 18.4. The molecule has 1 aromatic heterocycles. The quantitative estimate of drug-likeness (QED) is 0.719. The first-order valence-corrected chi connectivity index (χ1v) is 6.43. The first-order chi connectivity index (χ1) is 10.2. The monoisotopic (exact) mass is 283 g/mol. The topological polar surface area (TPSA) is 60.2 Å². The molecule has 0 fully saturated rings. The number of hydrogen-bond donors (Lipinski definition) is 2. The molecule has 3 aromatic rings. The summed E-state index contributed by atoms with van der Waals surface area (Å²) in [6.07, 6.45) is 1.68. The van der Waals surface area contributed by atoms with Crippen molar-refractivity contribution in [3.05, 3.63) is 54.5 Å². The summed E-state index contributed by atoms with van der Waals surface area (Å²) in [6.45, 7) is 0. The van der Waals surface area contributed by atoms with E-state index in [1.165, 1.54) is 19.2 Å². The molecule has 0 aliphatic heterocycles. The van der Waals surface area contributed by atoms with Gasteiger partial charge in [-0.3, -0.25) is 4.98 Å². The standard InChI is InChI=1S/C16H14FN3O/c1-21-15-9-10(17)5-6-14(15)20-13-7-8-19-16-11(13)3-2-4-12(16)18/h2-9H,18H2,1H3,(H,19,20). The Labute approximate surface area is 121 Å². The van der Waals surface area contributed by atoms with Gasteiger partial charge in [-0.1, -0.05) is 12.1 Å². The number of halogens is 1. The lowest BCUT2D eigenvalue weighted by atomic mass is 10.1. The van der Waals surface area contributed by atoms with E-state index in [1.807, 2.05) is 18.2 Å². The van der Waals surface area contributed by atoms with Gasteiger partial charge in [0.1, 0.15) is 11.6 Å². The van der Waals surface area contributed by atoms with Crippen LogP contribution in [0.2, 0.25) is 0 Å². The van der Waals surface area contributed by atoms with Gasteiger partial charge in [0.25, 0.3) is 0 Å². The lowest BCUT2D eigenvalue weighted by molar-refractivity contribution is 0.413. The van der Waals surface area contributed by atoms with Crippen LogP contribution in [-0.4, -0.2) is 12.1 Å². The zero-order valence-corrected chi connectivity index (χ0v) is 11.4. The van der Waals surface area contributed by atoms with Gasteiger partial charge in [0.15, 0.2) is 0 Å². The highest BCUT2D eigenvalue weighted by Crippen LogP contribution is 2.32. The summed E-state index contributed by atoms with van der Waals surface area (Å²) in [5.74, 6) is 0.0881. The van der Waals surface area contributed by atoms with Gasteiger partial charge in [0.2, 0.25) is 0 Å². The number of benzene rings is 2. The van der Waals surface area contributed by atoms with E-state index in [1.54, 1.807) is 18.3 Å². The molecule has 0 unspecified atom stereocenters. The lowest BCUT2D eigenvalue weighted by Gasteiger charge is -2.13. The maximum absolute atomic E-state index is 13.2. The molecule has 0 aliphatic rings. The second kappa shape index (κ2) is 5.28. The summed E-state index contributed by atoms with van der Waals surface area (Å²) in [5, 5.41) is 4.13. The van der Waals surface area contributed by atoms with Crippen molar-refractivity contribution in [3.63, 3.8) is 0 Å². The Morgan fingerprint density at radius 1 is 1.14 bits per heavy atom. The van der Waals surface area contributed by atoms with E-state index in [4.69, 9.17) is 10.5 Å². The van der Waals surface area contributed by atoms with Gasteiger partial charge in [-0.15, -0.1) is 0 Å². The third-order valence-corrected chi connectivity index (χ3v) is 3.24. The van der Waals surface area contributed by atoms with Crippen LogP contribution in [0.1, 0.15) is 0 Å². The van der Waals surface area contributed by atoms with Gasteiger partial charge >= 0.3 is 0 Å². The molecule has 21 heavy (non-hydrogen) atoms. The van der Waals surface area contributed by atoms with Crippen LogP contribution in [0.3, 0.4) is 0 Å². The number of anilines is 3. The maximum Gasteiger partial charge on any atom is 0.145 e. The highest BCUT2D eigenvalue weighted by Gasteiger charge is 2.08. The number of nitrogens with zero attached hydrogens (tertiary/aromatic N) is 1. The lowest BCUT2D eigenvalue weighted by Crippen LogP contribution is -1.97. The number of methoxy groups -OCH3 is 1. The van der Waals surface area contributed by atoms with E-state index in [0.717, 1.165) is 16.6 Å². The predicted octanol–water partition coefficient (Wildman–Crippen LogP) is 3.71. The normalized spacial score (nSPS) is 10.6. The van der Waals surface area contributed by atoms with Crippen LogP contribution in [0.4, 0.5) is 21.5 Å². The number of nitrogen functional groups attached to an aromatic ring is 1.